The summed E-state index contributed by atoms with van der Waals surface area (Å²) in [5, 5.41) is 17.4. The predicted octanol–water partition coefficient (Wildman–Crippen LogP) is 1.82. The zero-order valence-electron chi connectivity index (χ0n) is 16.0. The smallest absolute Gasteiger partial charge is 0.221 e. The zero-order valence-corrected chi connectivity index (χ0v) is 18.4. The van der Waals surface area contributed by atoms with E-state index in [0.717, 1.165) is 49.9 Å². The first-order valence-corrected chi connectivity index (χ1v) is 8.80. The molecule has 0 unspecified atom stereocenters. The molecule has 0 spiro atoms. The Balaban J connectivity index is 0.00000364. The molecule has 1 heterocycles. The lowest BCUT2D eigenvalue weighted by molar-refractivity contribution is -0.114. The third kappa shape index (κ3) is 7.94. The summed E-state index contributed by atoms with van der Waals surface area (Å²) in [6, 6.07) is 7.85. The van der Waals surface area contributed by atoms with Gasteiger partial charge in [0, 0.05) is 45.7 Å². The second kappa shape index (κ2) is 12.3. The summed E-state index contributed by atoms with van der Waals surface area (Å²) in [4.78, 5) is 15.3. The lowest BCUT2D eigenvalue weighted by atomic mass is 10.1. The van der Waals surface area contributed by atoms with Crippen LogP contribution in [0.5, 0.6) is 0 Å². The molecule has 0 saturated carbocycles. The van der Waals surface area contributed by atoms with Crippen molar-refractivity contribution in [2.75, 3.05) is 25.5 Å². The number of anilines is 1. The van der Waals surface area contributed by atoms with E-state index in [4.69, 9.17) is 0 Å². The van der Waals surface area contributed by atoms with Gasteiger partial charge in [0.15, 0.2) is 5.96 Å². The SMILES string of the molecule is CCc1nncn1CCNC(=NC)NCCc1ccc(NC(C)=O)cc1.I. The monoisotopic (exact) mass is 485 g/mol. The lowest BCUT2D eigenvalue weighted by Crippen LogP contribution is -2.39. The van der Waals surface area contributed by atoms with Gasteiger partial charge in [-0.3, -0.25) is 9.79 Å². The van der Waals surface area contributed by atoms with Crippen molar-refractivity contribution in [3.63, 3.8) is 0 Å². The summed E-state index contributed by atoms with van der Waals surface area (Å²) in [5.41, 5.74) is 2.01. The highest BCUT2D eigenvalue weighted by Gasteiger charge is 2.02. The molecule has 0 fully saturated rings. The van der Waals surface area contributed by atoms with Gasteiger partial charge in [-0.05, 0) is 24.1 Å². The van der Waals surface area contributed by atoms with Crippen LogP contribution >= 0.6 is 24.0 Å². The summed E-state index contributed by atoms with van der Waals surface area (Å²) < 4.78 is 2.04. The minimum atomic E-state index is -0.0631. The number of carbonyl (C=O) groups is 1. The second-order valence-electron chi connectivity index (χ2n) is 5.85. The van der Waals surface area contributed by atoms with E-state index in [1.807, 2.05) is 28.8 Å². The molecule has 9 heteroatoms. The van der Waals surface area contributed by atoms with Crippen LogP contribution < -0.4 is 16.0 Å². The zero-order chi connectivity index (χ0) is 18.8. The fraction of sp³-hybridized carbons (Fsp3) is 0.444. The Bertz CT molecular complexity index is 728. The number of nitrogens with zero attached hydrogens (tertiary/aromatic N) is 4. The molecule has 2 rings (SSSR count). The molecule has 0 aliphatic carbocycles. The van der Waals surface area contributed by atoms with Gasteiger partial charge in [0.2, 0.25) is 5.91 Å². The fourth-order valence-electron chi connectivity index (χ4n) is 2.54. The van der Waals surface area contributed by atoms with Crippen LogP contribution in [-0.4, -0.2) is 46.8 Å². The molecule has 1 aromatic heterocycles. The molecule has 27 heavy (non-hydrogen) atoms. The number of rotatable bonds is 8. The van der Waals surface area contributed by atoms with E-state index in [9.17, 15) is 4.79 Å². The van der Waals surface area contributed by atoms with Gasteiger partial charge in [0.25, 0.3) is 0 Å². The highest BCUT2D eigenvalue weighted by molar-refractivity contribution is 14.0. The third-order valence-corrected chi connectivity index (χ3v) is 3.86. The maximum Gasteiger partial charge on any atom is 0.221 e. The molecule has 148 valence electrons. The predicted molar refractivity (Wildman–Crippen MR) is 119 cm³/mol. The van der Waals surface area contributed by atoms with Crippen molar-refractivity contribution in [1.82, 2.24) is 25.4 Å². The van der Waals surface area contributed by atoms with Gasteiger partial charge in [-0.1, -0.05) is 19.1 Å². The number of hydrogen-bond donors (Lipinski definition) is 3. The average molecular weight is 485 g/mol. The lowest BCUT2D eigenvalue weighted by Gasteiger charge is -2.13. The standard InChI is InChI=1S/C18H27N7O.HI/c1-4-17-24-22-13-25(17)12-11-21-18(19-3)20-10-9-15-5-7-16(8-6-15)23-14(2)26;/h5-8,13H,4,9-12H2,1-3H3,(H,23,26)(H2,19,20,21);1H. The molecule has 0 radical (unpaired) electrons. The summed E-state index contributed by atoms with van der Waals surface area (Å²) >= 11 is 0. The minimum absolute atomic E-state index is 0. The van der Waals surface area contributed by atoms with E-state index in [-0.39, 0.29) is 29.9 Å². The van der Waals surface area contributed by atoms with Crippen molar-refractivity contribution >= 4 is 41.5 Å². The Labute approximate surface area is 177 Å². The van der Waals surface area contributed by atoms with Crippen LogP contribution in [0.4, 0.5) is 5.69 Å². The summed E-state index contributed by atoms with van der Waals surface area (Å²) in [7, 11) is 1.76. The highest BCUT2D eigenvalue weighted by Crippen LogP contribution is 2.09. The third-order valence-electron chi connectivity index (χ3n) is 3.86. The molecule has 8 nitrogen and oxygen atoms in total. The highest BCUT2D eigenvalue weighted by atomic mass is 127. The number of carbonyl (C=O) groups excluding carboxylic acids is 1. The molecule has 0 aliphatic rings. The van der Waals surface area contributed by atoms with Crippen LogP contribution in [0.1, 0.15) is 25.2 Å². The minimum Gasteiger partial charge on any atom is -0.356 e. The molecule has 0 saturated heterocycles. The molecule has 1 amide bonds. The van der Waals surface area contributed by atoms with Crippen molar-refractivity contribution in [3.8, 4) is 0 Å². The van der Waals surface area contributed by atoms with E-state index in [1.54, 1.807) is 13.4 Å². The first kappa shape index (κ1) is 22.9. The van der Waals surface area contributed by atoms with Gasteiger partial charge in [0.05, 0.1) is 0 Å². The number of halogens is 1. The van der Waals surface area contributed by atoms with E-state index >= 15 is 0 Å². The molecular weight excluding hydrogens is 457 g/mol. The second-order valence-corrected chi connectivity index (χ2v) is 5.85. The van der Waals surface area contributed by atoms with Crippen molar-refractivity contribution in [2.45, 2.75) is 33.2 Å². The van der Waals surface area contributed by atoms with Crippen LogP contribution in [0.2, 0.25) is 0 Å². The van der Waals surface area contributed by atoms with Crippen LogP contribution in [-0.2, 0) is 24.2 Å². The van der Waals surface area contributed by atoms with Gasteiger partial charge >= 0.3 is 0 Å². The number of aromatic nitrogens is 3. The van der Waals surface area contributed by atoms with Gasteiger partial charge in [-0.25, -0.2) is 0 Å². The maximum atomic E-state index is 11.0. The Morgan fingerprint density at radius 3 is 2.52 bits per heavy atom. The average Bonchev–Trinajstić information content (AvgIpc) is 3.09. The fourth-order valence-corrected chi connectivity index (χ4v) is 2.54. The number of amides is 1. The molecule has 0 bridgehead atoms. The summed E-state index contributed by atoms with van der Waals surface area (Å²) in [6.07, 6.45) is 3.49. The van der Waals surface area contributed by atoms with E-state index in [0.29, 0.717) is 0 Å². The Morgan fingerprint density at radius 1 is 1.19 bits per heavy atom. The van der Waals surface area contributed by atoms with Crippen LogP contribution in [0, 0.1) is 0 Å². The number of guanidine groups is 1. The van der Waals surface area contributed by atoms with Crippen molar-refractivity contribution in [2.24, 2.45) is 4.99 Å². The molecule has 0 aliphatic heterocycles. The number of aryl methyl sites for hydroxylation is 1. The summed E-state index contributed by atoms with van der Waals surface area (Å²) in [6.45, 7) is 5.88. The van der Waals surface area contributed by atoms with Gasteiger partial charge in [-0.15, -0.1) is 34.2 Å². The van der Waals surface area contributed by atoms with Crippen LogP contribution in [0.3, 0.4) is 0 Å². The van der Waals surface area contributed by atoms with Crippen molar-refractivity contribution in [3.05, 3.63) is 42.0 Å². The van der Waals surface area contributed by atoms with E-state index < -0.39 is 0 Å². The topological polar surface area (TPSA) is 96.2 Å². The first-order chi connectivity index (χ1) is 12.6. The molecule has 1 aromatic carbocycles. The van der Waals surface area contributed by atoms with Gasteiger partial charge in [0.1, 0.15) is 12.2 Å². The van der Waals surface area contributed by atoms with Gasteiger partial charge < -0.3 is 20.5 Å². The molecule has 3 N–H and O–H groups in total. The van der Waals surface area contributed by atoms with Crippen LogP contribution in [0.25, 0.3) is 0 Å². The van der Waals surface area contributed by atoms with Gasteiger partial charge in [-0.2, -0.15) is 0 Å². The Hall–Kier alpha value is -2.17. The number of benzene rings is 1. The Kier molecular flexibility index (Phi) is 10.4. The summed E-state index contributed by atoms with van der Waals surface area (Å²) in [5.74, 6) is 1.69. The van der Waals surface area contributed by atoms with Crippen molar-refractivity contribution in [1.29, 1.82) is 0 Å². The number of hydrogen-bond acceptors (Lipinski definition) is 4. The largest absolute Gasteiger partial charge is 0.356 e. The number of aliphatic imine (C=N–C) groups is 1. The van der Waals surface area contributed by atoms with Crippen LogP contribution in [0.15, 0.2) is 35.6 Å². The maximum absolute atomic E-state index is 11.0. The first-order valence-electron chi connectivity index (χ1n) is 8.80. The quantitative estimate of drug-likeness (QED) is 0.301. The number of nitrogens with one attached hydrogen (secondary N) is 3. The van der Waals surface area contributed by atoms with E-state index in [2.05, 4.69) is 38.1 Å². The molecule has 0 atom stereocenters. The normalized spacial score (nSPS) is 10.9. The van der Waals surface area contributed by atoms with E-state index in [1.165, 1.54) is 12.5 Å². The molecule has 2 aromatic rings. The molecular formula is C18H28IN7O. The van der Waals surface area contributed by atoms with Crippen molar-refractivity contribution < 1.29 is 4.79 Å². The Morgan fingerprint density at radius 2 is 1.89 bits per heavy atom.